The number of hydrogen-bond donors (Lipinski definition) is 4. The summed E-state index contributed by atoms with van der Waals surface area (Å²) >= 11 is 6.59. The molecule has 1 aromatic heterocycles. The van der Waals surface area contributed by atoms with Crippen molar-refractivity contribution in [3.05, 3.63) is 45.3 Å². The molecule has 0 aromatic carbocycles. The zero-order valence-corrected chi connectivity index (χ0v) is 17.3. The molecule has 0 aliphatic heterocycles. The Balaban J connectivity index is 2.79. The number of hydrogen-bond acceptors (Lipinski definition) is 6. The third-order valence-electron chi connectivity index (χ3n) is 3.48. The number of aromatic nitrogens is 1. The van der Waals surface area contributed by atoms with Crippen LogP contribution >= 0.6 is 23.4 Å². The first-order valence-corrected chi connectivity index (χ1v) is 9.47. The molecule has 1 heterocycles. The highest BCUT2D eigenvalue weighted by molar-refractivity contribution is 8.07. The van der Waals surface area contributed by atoms with E-state index in [2.05, 4.69) is 27.2 Å². The number of allylic oxidation sites excluding steroid dienone is 1. The molecule has 0 saturated carbocycles. The smallest absolute Gasteiger partial charge is 0.390 e. The van der Waals surface area contributed by atoms with Crippen molar-refractivity contribution in [3.8, 4) is 0 Å². The van der Waals surface area contributed by atoms with Crippen LogP contribution in [0, 0.1) is 0 Å². The maximum absolute atomic E-state index is 12.9. The summed E-state index contributed by atoms with van der Waals surface area (Å²) in [5.41, 5.74) is 9.93. The fourth-order valence-corrected chi connectivity index (χ4v) is 3.01. The SMILES string of the molecule is C=C(S/C(=C\C)C(=O)Nc1cc(C(F)(F)F)c(Cl)cn1)C(C)NC(N)C/N=C\N. The first-order chi connectivity index (χ1) is 13.5. The molecule has 1 rings (SSSR count). The van der Waals surface area contributed by atoms with Gasteiger partial charge in [-0.1, -0.05) is 36.0 Å². The van der Waals surface area contributed by atoms with Gasteiger partial charge in [-0.15, -0.1) is 0 Å². The summed E-state index contributed by atoms with van der Waals surface area (Å²) in [6.07, 6.45) is -1.65. The molecule has 0 saturated heterocycles. The second kappa shape index (κ2) is 11.2. The maximum Gasteiger partial charge on any atom is 0.418 e. The molecule has 0 aliphatic carbocycles. The van der Waals surface area contributed by atoms with Crippen LogP contribution in [0.3, 0.4) is 0 Å². The zero-order valence-electron chi connectivity index (χ0n) is 15.8. The summed E-state index contributed by atoms with van der Waals surface area (Å²) in [5.74, 6) is -0.907. The lowest BCUT2D eigenvalue weighted by Crippen LogP contribution is -2.45. The summed E-state index contributed by atoms with van der Waals surface area (Å²) in [7, 11) is 0. The fraction of sp³-hybridized carbons (Fsp3) is 0.353. The Labute approximate surface area is 175 Å². The van der Waals surface area contributed by atoms with E-state index < -0.39 is 28.8 Å². The quantitative estimate of drug-likeness (QED) is 0.199. The van der Waals surface area contributed by atoms with Crippen molar-refractivity contribution in [1.29, 1.82) is 0 Å². The minimum absolute atomic E-state index is 0.225. The summed E-state index contributed by atoms with van der Waals surface area (Å²) < 4.78 is 38.8. The molecule has 6 N–H and O–H groups in total. The molecule has 7 nitrogen and oxygen atoms in total. The van der Waals surface area contributed by atoms with E-state index in [0.29, 0.717) is 11.0 Å². The standard InChI is InChI=1S/C17H22ClF3N6OS/c1-4-13(29-10(3)9(2)26-14(23)7-24-8-22)16(28)27-15-5-11(17(19,20)21)12(18)6-25-15/h4-6,8-9,14,26H,3,7,23H2,1-2H3,(H2,22,24)(H,25,27,28)/b13-4-. The number of halogens is 4. The lowest BCUT2D eigenvalue weighted by molar-refractivity contribution is -0.137. The van der Waals surface area contributed by atoms with Crippen molar-refractivity contribution in [1.82, 2.24) is 10.3 Å². The highest BCUT2D eigenvalue weighted by Gasteiger charge is 2.34. The molecule has 29 heavy (non-hydrogen) atoms. The van der Waals surface area contributed by atoms with Crippen LogP contribution in [0.5, 0.6) is 0 Å². The van der Waals surface area contributed by atoms with E-state index in [1.54, 1.807) is 13.8 Å². The van der Waals surface area contributed by atoms with Crippen molar-refractivity contribution in [2.45, 2.75) is 32.2 Å². The van der Waals surface area contributed by atoms with E-state index in [-0.39, 0.29) is 23.3 Å². The summed E-state index contributed by atoms with van der Waals surface area (Å²) in [6.45, 7) is 7.58. The lowest BCUT2D eigenvalue weighted by Gasteiger charge is -2.21. The molecule has 0 fully saturated rings. The largest absolute Gasteiger partial charge is 0.418 e. The van der Waals surface area contributed by atoms with Gasteiger partial charge < -0.3 is 16.8 Å². The number of aliphatic imine (C=N–C) groups is 1. The average Bonchev–Trinajstić information content (AvgIpc) is 2.64. The van der Waals surface area contributed by atoms with Crippen LogP contribution in [0.1, 0.15) is 19.4 Å². The van der Waals surface area contributed by atoms with Crippen molar-refractivity contribution in [2.24, 2.45) is 16.5 Å². The summed E-state index contributed by atoms with van der Waals surface area (Å²) in [6, 6.07) is 0.393. The number of carbonyl (C=O) groups is 1. The van der Waals surface area contributed by atoms with Crippen molar-refractivity contribution < 1.29 is 18.0 Å². The Morgan fingerprint density at radius 3 is 2.72 bits per heavy atom. The third-order valence-corrected chi connectivity index (χ3v) is 5.04. The normalized spacial score (nSPS) is 14.7. The molecule has 0 radical (unpaired) electrons. The predicted octanol–water partition coefficient (Wildman–Crippen LogP) is 3.09. The molecule has 1 aromatic rings. The molecule has 0 spiro atoms. The highest BCUT2D eigenvalue weighted by atomic mass is 35.5. The van der Waals surface area contributed by atoms with Gasteiger partial charge in [0.1, 0.15) is 5.82 Å². The second-order valence-electron chi connectivity index (χ2n) is 5.73. The Morgan fingerprint density at radius 1 is 1.52 bits per heavy atom. The molecular formula is C17H22ClF3N6OS. The van der Waals surface area contributed by atoms with Crippen LogP contribution in [0.4, 0.5) is 19.0 Å². The Bertz CT molecular complexity index is 800. The highest BCUT2D eigenvalue weighted by Crippen LogP contribution is 2.35. The Kier molecular flexibility index (Phi) is 9.63. The number of rotatable bonds is 9. The summed E-state index contributed by atoms with van der Waals surface area (Å²) in [4.78, 5) is 20.8. The molecule has 0 bridgehead atoms. The minimum atomic E-state index is -4.67. The van der Waals surface area contributed by atoms with Crippen LogP contribution < -0.4 is 22.1 Å². The molecule has 1 amide bonds. The summed E-state index contributed by atoms with van der Waals surface area (Å²) in [5, 5.41) is 4.81. The van der Waals surface area contributed by atoms with Crippen molar-refractivity contribution in [3.63, 3.8) is 0 Å². The van der Waals surface area contributed by atoms with Crippen LogP contribution in [0.25, 0.3) is 0 Å². The lowest BCUT2D eigenvalue weighted by atomic mass is 10.2. The molecule has 12 heteroatoms. The molecule has 2 atom stereocenters. The average molecular weight is 451 g/mol. The maximum atomic E-state index is 12.9. The number of nitrogens with two attached hydrogens (primary N) is 2. The van der Waals surface area contributed by atoms with Crippen LogP contribution in [-0.2, 0) is 11.0 Å². The predicted molar refractivity (Wildman–Crippen MR) is 111 cm³/mol. The van der Waals surface area contributed by atoms with Gasteiger partial charge in [-0.3, -0.25) is 15.1 Å². The number of alkyl halides is 3. The van der Waals surface area contributed by atoms with Gasteiger partial charge in [0.05, 0.1) is 34.5 Å². The number of amides is 1. The van der Waals surface area contributed by atoms with E-state index in [0.717, 1.165) is 24.3 Å². The number of thioether (sulfide) groups is 1. The second-order valence-corrected chi connectivity index (χ2v) is 7.31. The molecular weight excluding hydrogens is 429 g/mol. The number of nitrogens with zero attached hydrogens (tertiary/aromatic N) is 2. The topological polar surface area (TPSA) is 118 Å². The van der Waals surface area contributed by atoms with Gasteiger partial charge in [-0.25, -0.2) is 4.98 Å². The third kappa shape index (κ3) is 8.05. The van der Waals surface area contributed by atoms with Crippen LogP contribution in [-0.4, -0.2) is 36.0 Å². The number of anilines is 1. The van der Waals surface area contributed by atoms with Gasteiger partial charge >= 0.3 is 6.18 Å². The molecule has 0 aliphatic rings. The zero-order chi connectivity index (χ0) is 22.2. The van der Waals surface area contributed by atoms with E-state index in [9.17, 15) is 18.0 Å². The number of pyridine rings is 1. The molecule has 160 valence electrons. The fourth-order valence-electron chi connectivity index (χ4n) is 2.01. The Hall–Kier alpha value is -2.08. The van der Waals surface area contributed by atoms with Gasteiger partial charge in [0, 0.05) is 12.2 Å². The van der Waals surface area contributed by atoms with Crippen LogP contribution in [0.2, 0.25) is 5.02 Å². The monoisotopic (exact) mass is 450 g/mol. The van der Waals surface area contributed by atoms with Gasteiger partial charge in [-0.05, 0) is 24.8 Å². The first kappa shape index (κ1) is 25.0. The minimum Gasteiger partial charge on any atom is -0.390 e. The van der Waals surface area contributed by atoms with E-state index >= 15 is 0 Å². The van der Waals surface area contributed by atoms with E-state index in [1.807, 2.05) is 0 Å². The molecule has 2 unspecified atom stereocenters. The number of carbonyl (C=O) groups excluding carboxylic acids is 1. The van der Waals surface area contributed by atoms with Gasteiger partial charge in [-0.2, -0.15) is 13.2 Å². The Morgan fingerprint density at radius 2 is 2.17 bits per heavy atom. The van der Waals surface area contributed by atoms with Gasteiger partial charge in [0.15, 0.2) is 0 Å². The van der Waals surface area contributed by atoms with E-state index in [4.69, 9.17) is 23.1 Å². The van der Waals surface area contributed by atoms with E-state index in [1.165, 1.54) is 6.08 Å². The van der Waals surface area contributed by atoms with Crippen molar-refractivity contribution in [2.75, 3.05) is 11.9 Å². The van der Waals surface area contributed by atoms with Gasteiger partial charge in [0.25, 0.3) is 5.91 Å². The van der Waals surface area contributed by atoms with Crippen molar-refractivity contribution >= 4 is 41.4 Å². The first-order valence-electron chi connectivity index (χ1n) is 8.28. The van der Waals surface area contributed by atoms with Gasteiger partial charge in [0.2, 0.25) is 0 Å². The van der Waals surface area contributed by atoms with Crippen LogP contribution in [0.15, 0.2) is 39.7 Å². The number of nitrogens with one attached hydrogen (secondary N) is 2.